The van der Waals surface area contributed by atoms with Crippen LogP contribution in [0, 0.1) is 23.2 Å². The van der Waals surface area contributed by atoms with Gasteiger partial charge < -0.3 is 0 Å². The summed E-state index contributed by atoms with van der Waals surface area (Å²) >= 11 is 0. The van der Waals surface area contributed by atoms with Crippen LogP contribution in [0.5, 0.6) is 0 Å². The first-order valence-electron chi connectivity index (χ1n) is 3.22. The van der Waals surface area contributed by atoms with Gasteiger partial charge in [-0.1, -0.05) is 6.92 Å². The van der Waals surface area contributed by atoms with E-state index in [-0.39, 0.29) is 0 Å². The van der Waals surface area contributed by atoms with Gasteiger partial charge in [-0.05, 0) is 25.2 Å². The van der Waals surface area contributed by atoms with Gasteiger partial charge in [-0.2, -0.15) is 5.26 Å². The van der Waals surface area contributed by atoms with Gasteiger partial charge in [-0.25, -0.2) is 0 Å². The molecule has 0 aliphatic heterocycles. The lowest BCUT2D eigenvalue weighted by molar-refractivity contribution is 0.590. The molecule has 1 fully saturated rings. The molecule has 1 heteroatoms. The average Bonchev–Trinajstić information content (AvgIpc) is 2.14. The summed E-state index contributed by atoms with van der Waals surface area (Å²) in [6.45, 7) is 2.22. The molecule has 0 heterocycles. The molecule has 1 nitrogen and oxygen atoms in total. The maximum Gasteiger partial charge on any atom is 0.0655 e. The van der Waals surface area contributed by atoms with E-state index in [4.69, 9.17) is 5.26 Å². The first-order chi connectivity index (χ1) is 3.83. The molecule has 0 aromatic carbocycles. The second-order valence-electron chi connectivity index (χ2n) is 2.74. The smallest absolute Gasteiger partial charge is 0.0655 e. The predicted octanol–water partition coefficient (Wildman–Crippen LogP) is 1.95. The normalized spacial score (nSPS) is 37.0. The average molecular weight is 109 g/mol. The lowest BCUT2D eigenvalue weighted by Crippen LogP contribution is -1.87. The quantitative estimate of drug-likeness (QED) is 0.466. The Bertz CT molecular complexity index is 112. The van der Waals surface area contributed by atoms with E-state index < -0.39 is 0 Å². The Labute approximate surface area is 50.3 Å². The van der Waals surface area contributed by atoms with Crippen LogP contribution in [0.2, 0.25) is 0 Å². The van der Waals surface area contributed by atoms with Crippen molar-refractivity contribution in [2.45, 2.75) is 26.2 Å². The van der Waals surface area contributed by atoms with E-state index in [1.54, 1.807) is 0 Å². The summed E-state index contributed by atoms with van der Waals surface area (Å²) in [5.74, 6) is 1.18. The van der Waals surface area contributed by atoms with Crippen molar-refractivity contribution in [3.63, 3.8) is 0 Å². The fraction of sp³-hybridized carbons (Fsp3) is 0.857. The van der Waals surface area contributed by atoms with Crippen LogP contribution in [0.3, 0.4) is 0 Å². The van der Waals surface area contributed by atoms with Gasteiger partial charge in [0, 0.05) is 5.92 Å². The highest BCUT2D eigenvalue weighted by Crippen LogP contribution is 2.29. The molecule has 44 valence electrons. The summed E-state index contributed by atoms with van der Waals surface area (Å²) < 4.78 is 0. The van der Waals surface area contributed by atoms with Gasteiger partial charge in [-0.15, -0.1) is 0 Å². The number of hydrogen-bond donors (Lipinski definition) is 0. The van der Waals surface area contributed by atoms with Gasteiger partial charge in [0.1, 0.15) is 0 Å². The summed E-state index contributed by atoms with van der Waals surface area (Å²) in [5, 5.41) is 8.43. The molecule has 0 aromatic rings. The first kappa shape index (κ1) is 5.62. The van der Waals surface area contributed by atoms with Crippen molar-refractivity contribution in [2.24, 2.45) is 11.8 Å². The van der Waals surface area contributed by atoms with Crippen molar-refractivity contribution < 1.29 is 0 Å². The summed E-state index contributed by atoms with van der Waals surface area (Å²) in [5.41, 5.74) is 0. The van der Waals surface area contributed by atoms with E-state index in [2.05, 4.69) is 13.0 Å². The van der Waals surface area contributed by atoms with Crippen LogP contribution in [0.1, 0.15) is 26.2 Å². The highest BCUT2D eigenvalue weighted by molar-refractivity contribution is 4.88. The van der Waals surface area contributed by atoms with Gasteiger partial charge in [0.25, 0.3) is 0 Å². The Morgan fingerprint density at radius 2 is 2.25 bits per heavy atom. The highest BCUT2D eigenvalue weighted by Gasteiger charge is 2.19. The second kappa shape index (κ2) is 2.17. The van der Waals surface area contributed by atoms with Crippen LogP contribution in [0.25, 0.3) is 0 Å². The van der Waals surface area contributed by atoms with Crippen molar-refractivity contribution in [1.29, 1.82) is 5.26 Å². The number of hydrogen-bond acceptors (Lipinski definition) is 1. The van der Waals surface area contributed by atoms with Gasteiger partial charge in [0.15, 0.2) is 0 Å². The molecular formula is C7H11N. The standard InChI is InChI=1S/C7H11N/c1-6-2-3-7(4-6)5-8/h6-7H,2-4H2,1H3/t6-,7+/m0/s1. The minimum absolute atomic E-state index is 0.380. The Morgan fingerprint density at radius 1 is 1.50 bits per heavy atom. The molecule has 0 spiro atoms. The number of nitrogens with zero attached hydrogens (tertiary/aromatic N) is 1. The van der Waals surface area contributed by atoms with Crippen molar-refractivity contribution in [3.8, 4) is 6.07 Å². The lowest BCUT2D eigenvalue weighted by atomic mass is 10.1. The molecule has 1 rings (SSSR count). The molecule has 0 unspecified atom stereocenters. The summed E-state index contributed by atoms with van der Waals surface area (Å²) in [4.78, 5) is 0. The van der Waals surface area contributed by atoms with Gasteiger partial charge in [0.2, 0.25) is 0 Å². The molecule has 0 aromatic heterocycles. The van der Waals surface area contributed by atoms with Gasteiger partial charge in [-0.3, -0.25) is 0 Å². The van der Waals surface area contributed by atoms with E-state index in [0.717, 1.165) is 18.8 Å². The molecule has 0 radical (unpaired) electrons. The van der Waals surface area contributed by atoms with E-state index >= 15 is 0 Å². The van der Waals surface area contributed by atoms with E-state index in [0.29, 0.717) is 5.92 Å². The minimum Gasteiger partial charge on any atom is -0.198 e. The molecule has 0 N–H and O–H groups in total. The predicted molar refractivity (Wildman–Crippen MR) is 32.1 cm³/mol. The number of nitriles is 1. The van der Waals surface area contributed by atoms with Gasteiger partial charge in [0.05, 0.1) is 6.07 Å². The highest BCUT2D eigenvalue weighted by atomic mass is 14.3. The van der Waals surface area contributed by atoms with Crippen LogP contribution in [0.4, 0.5) is 0 Å². The molecule has 0 bridgehead atoms. The van der Waals surface area contributed by atoms with E-state index in [1.807, 2.05) is 0 Å². The molecule has 0 amide bonds. The Balaban J connectivity index is 2.35. The summed E-state index contributed by atoms with van der Waals surface area (Å²) in [7, 11) is 0. The molecule has 0 saturated heterocycles. The zero-order valence-corrected chi connectivity index (χ0v) is 5.22. The number of rotatable bonds is 0. The molecule has 1 aliphatic rings. The SMILES string of the molecule is C[C@H]1CC[C@@H](C#N)C1. The van der Waals surface area contributed by atoms with Crippen LogP contribution < -0.4 is 0 Å². The largest absolute Gasteiger partial charge is 0.198 e. The van der Waals surface area contributed by atoms with Crippen LogP contribution in [-0.2, 0) is 0 Å². The van der Waals surface area contributed by atoms with E-state index in [9.17, 15) is 0 Å². The Hall–Kier alpha value is -0.510. The maximum absolute atomic E-state index is 8.43. The zero-order chi connectivity index (χ0) is 5.98. The zero-order valence-electron chi connectivity index (χ0n) is 5.22. The topological polar surface area (TPSA) is 23.8 Å². The Kier molecular flexibility index (Phi) is 1.53. The van der Waals surface area contributed by atoms with Crippen molar-refractivity contribution in [1.82, 2.24) is 0 Å². The molecule has 8 heavy (non-hydrogen) atoms. The van der Waals surface area contributed by atoms with Crippen LogP contribution >= 0.6 is 0 Å². The lowest BCUT2D eigenvalue weighted by Gasteiger charge is -1.94. The minimum atomic E-state index is 0.380. The van der Waals surface area contributed by atoms with E-state index in [1.165, 1.54) is 6.42 Å². The van der Waals surface area contributed by atoms with Crippen LogP contribution in [0.15, 0.2) is 0 Å². The third-order valence-corrected chi connectivity index (χ3v) is 1.88. The molecular weight excluding hydrogens is 98.1 g/mol. The van der Waals surface area contributed by atoms with Crippen LogP contribution in [-0.4, -0.2) is 0 Å². The first-order valence-corrected chi connectivity index (χ1v) is 3.22. The van der Waals surface area contributed by atoms with Crippen molar-refractivity contribution in [2.75, 3.05) is 0 Å². The second-order valence-corrected chi connectivity index (χ2v) is 2.74. The summed E-state index contributed by atoms with van der Waals surface area (Å²) in [6, 6.07) is 2.29. The summed E-state index contributed by atoms with van der Waals surface area (Å²) in [6.07, 6.45) is 3.53. The molecule has 1 saturated carbocycles. The Morgan fingerprint density at radius 3 is 2.50 bits per heavy atom. The monoisotopic (exact) mass is 109 g/mol. The fourth-order valence-electron chi connectivity index (χ4n) is 1.32. The third-order valence-electron chi connectivity index (χ3n) is 1.88. The molecule has 1 aliphatic carbocycles. The maximum atomic E-state index is 8.43. The van der Waals surface area contributed by atoms with Gasteiger partial charge >= 0.3 is 0 Å². The fourth-order valence-corrected chi connectivity index (χ4v) is 1.32. The van der Waals surface area contributed by atoms with Crippen molar-refractivity contribution >= 4 is 0 Å². The molecule has 2 atom stereocenters. The van der Waals surface area contributed by atoms with Crippen molar-refractivity contribution in [3.05, 3.63) is 0 Å². The third kappa shape index (κ3) is 1.01.